The van der Waals surface area contributed by atoms with Gasteiger partial charge in [0, 0.05) is 0 Å². The highest BCUT2D eigenvalue weighted by atomic mass is 16.6. The quantitative estimate of drug-likeness (QED) is 0.575. The zero-order valence-corrected chi connectivity index (χ0v) is 14.6. The third-order valence-corrected chi connectivity index (χ3v) is 4.04. The third kappa shape index (κ3) is 5.07. The molecule has 2 aromatic carbocycles. The van der Waals surface area contributed by atoms with Gasteiger partial charge in [-0.2, -0.15) is 0 Å². The summed E-state index contributed by atoms with van der Waals surface area (Å²) >= 11 is 0. The summed E-state index contributed by atoms with van der Waals surface area (Å²) in [5.74, 6) is -1.24. The second kappa shape index (κ2) is 8.84. The molecule has 0 N–H and O–H groups in total. The molecule has 0 saturated carbocycles. The minimum atomic E-state index is -1.04. The largest absolute Gasteiger partial charge is 0.461 e. The van der Waals surface area contributed by atoms with E-state index in [2.05, 4.69) is 0 Å². The molecule has 0 spiro atoms. The molecule has 0 bridgehead atoms. The zero-order valence-electron chi connectivity index (χ0n) is 14.6. The number of carbonyl (C=O) groups excluding carboxylic acids is 3. The van der Waals surface area contributed by atoms with Gasteiger partial charge in [0.1, 0.15) is 19.3 Å². The number of amides is 1. The lowest BCUT2D eigenvalue weighted by molar-refractivity contribution is -0.149. The number of carbonyl (C=O) groups is 3. The maximum Gasteiger partial charge on any atom is 0.413 e. The van der Waals surface area contributed by atoms with E-state index in [9.17, 15) is 14.4 Å². The lowest BCUT2D eigenvalue weighted by atomic mass is 10.2. The van der Waals surface area contributed by atoms with Crippen molar-refractivity contribution in [3.63, 3.8) is 0 Å². The van der Waals surface area contributed by atoms with Crippen LogP contribution in [-0.4, -0.2) is 35.7 Å². The van der Waals surface area contributed by atoms with Gasteiger partial charge in [-0.15, -0.1) is 0 Å². The molecule has 0 radical (unpaired) electrons. The van der Waals surface area contributed by atoms with Crippen LogP contribution in [0.25, 0.3) is 0 Å². The fourth-order valence-electron chi connectivity index (χ4n) is 2.58. The zero-order chi connectivity index (χ0) is 19.1. The molecule has 1 fully saturated rings. The summed E-state index contributed by atoms with van der Waals surface area (Å²) in [6.45, 7) is -0.0848. The molecular formula is C20H19NO6. The highest BCUT2D eigenvalue weighted by Crippen LogP contribution is 2.18. The fourth-order valence-corrected chi connectivity index (χ4v) is 2.58. The molecule has 0 aliphatic carbocycles. The maximum absolute atomic E-state index is 12.3. The summed E-state index contributed by atoms with van der Waals surface area (Å²) in [4.78, 5) is 37.3. The number of cyclic esters (lactones) is 1. The average Bonchev–Trinajstić information content (AvgIpc) is 3.06. The molecule has 7 nitrogen and oxygen atoms in total. The first-order chi connectivity index (χ1) is 13.1. The molecule has 1 aliphatic heterocycles. The van der Waals surface area contributed by atoms with Crippen LogP contribution in [0.3, 0.4) is 0 Å². The molecule has 7 heteroatoms. The lowest BCUT2D eigenvalue weighted by Crippen LogP contribution is -2.40. The monoisotopic (exact) mass is 369 g/mol. The van der Waals surface area contributed by atoms with Crippen molar-refractivity contribution >= 4 is 18.0 Å². The summed E-state index contributed by atoms with van der Waals surface area (Å²) in [6, 6.07) is 17.3. The maximum atomic E-state index is 12.3. The summed E-state index contributed by atoms with van der Waals surface area (Å²) in [6.07, 6.45) is -1.00. The van der Waals surface area contributed by atoms with E-state index in [0.717, 1.165) is 16.0 Å². The van der Waals surface area contributed by atoms with Gasteiger partial charge >= 0.3 is 18.0 Å². The SMILES string of the molecule is O=C(C[C@H]1C(=O)OCN1C(=O)OCc1ccccc1)OCc1ccccc1. The van der Waals surface area contributed by atoms with Gasteiger partial charge in [0.05, 0.1) is 6.42 Å². The number of ether oxygens (including phenoxy) is 3. The molecule has 1 aliphatic rings. The predicted octanol–water partition coefficient (Wildman–Crippen LogP) is 2.64. The number of rotatable bonds is 6. The van der Waals surface area contributed by atoms with E-state index in [-0.39, 0.29) is 26.4 Å². The topological polar surface area (TPSA) is 82.1 Å². The van der Waals surface area contributed by atoms with E-state index >= 15 is 0 Å². The molecule has 1 amide bonds. The molecule has 2 aromatic rings. The van der Waals surface area contributed by atoms with Gasteiger partial charge in [-0.1, -0.05) is 60.7 Å². The Bertz CT molecular complexity index is 793. The Morgan fingerprint density at radius 1 is 0.926 bits per heavy atom. The number of nitrogens with zero attached hydrogens (tertiary/aromatic N) is 1. The van der Waals surface area contributed by atoms with Gasteiger partial charge in [0.15, 0.2) is 6.73 Å². The minimum absolute atomic E-state index is 0.0650. The van der Waals surface area contributed by atoms with Crippen LogP contribution < -0.4 is 0 Å². The normalized spacial score (nSPS) is 15.9. The molecule has 0 unspecified atom stereocenters. The van der Waals surface area contributed by atoms with Crippen molar-refractivity contribution in [2.75, 3.05) is 6.73 Å². The van der Waals surface area contributed by atoms with Gasteiger partial charge in [0.25, 0.3) is 0 Å². The first-order valence-corrected chi connectivity index (χ1v) is 8.47. The van der Waals surface area contributed by atoms with E-state index in [4.69, 9.17) is 14.2 Å². The molecule has 1 saturated heterocycles. The van der Waals surface area contributed by atoms with Crippen molar-refractivity contribution in [3.05, 3.63) is 71.8 Å². The second-order valence-corrected chi connectivity index (χ2v) is 5.97. The van der Waals surface area contributed by atoms with Crippen molar-refractivity contribution in [1.29, 1.82) is 0 Å². The van der Waals surface area contributed by atoms with E-state index < -0.39 is 24.1 Å². The summed E-state index contributed by atoms with van der Waals surface area (Å²) < 4.78 is 15.3. The standard InChI is InChI=1S/C20H19NO6/c22-18(25-12-15-7-3-1-4-8-15)11-17-19(23)27-14-21(17)20(24)26-13-16-9-5-2-6-10-16/h1-10,17H,11-14H2/t17-/m0/s1. The summed E-state index contributed by atoms with van der Waals surface area (Å²) in [7, 11) is 0. The van der Waals surface area contributed by atoms with Crippen LogP contribution in [-0.2, 0) is 37.0 Å². The first-order valence-electron chi connectivity index (χ1n) is 8.47. The summed E-state index contributed by atoms with van der Waals surface area (Å²) in [5.41, 5.74) is 1.65. The fraction of sp³-hybridized carbons (Fsp3) is 0.250. The Labute approximate surface area is 156 Å². The van der Waals surface area contributed by atoms with E-state index in [1.165, 1.54) is 0 Å². The molecule has 0 aromatic heterocycles. The van der Waals surface area contributed by atoms with Crippen molar-refractivity contribution in [3.8, 4) is 0 Å². The van der Waals surface area contributed by atoms with Crippen molar-refractivity contribution in [2.24, 2.45) is 0 Å². The molecule has 140 valence electrons. The highest BCUT2D eigenvalue weighted by molar-refractivity contribution is 5.88. The Morgan fingerprint density at radius 3 is 2.07 bits per heavy atom. The number of hydrogen-bond acceptors (Lipinski definition) is 6. The Balaban J connectivity index is 1.52. The van der Waals surface area contributed by atoms with Crippen LogP contribution in [0, 0.1) is 0 Å². The van der Waals surface area contributed by atoms with Gasteiger partial charge in [-0.25, -0.2) is 9.59 Å². The van der Waals surface area contributed by atoms with Crippen molar-refractivity contribution in [1.82, 2.24) is 4.90 Å². The Kier molecular flexibility index (Phi) is 6.04. The van der Waals surface area contributed by atoms with Crippen molar-refractivity contribution in [2.45, 2.75) is 25.7 Å². The van der Waals surface area contributed by atoms with Gasteiger partial charge in [-0.05, 0) is 11.1 Å². The smallest absolute Gasteiger partial charge is 0.413 e. The molecule has 1 heterocycles. The van der Waals surface area contributed by atoms with Gasteiger partial charge < -0.3 is 14.2 Å². The van der Waals surface area contributed by atoms with Crippen LogP contribution in [0.5, 0.6) is 0 Å². The van der Waals surface area contributed by atoms with E-state index in [0.29, 0.717) is 0 Å². The summed E-state index contributed by atoms with van der Waals surface area (Å²) in [5, 5.41) is 0. The van der Waals surface area contributed by atoms with Crippen LogP contribution in [0.4, 0.5) is 4.79 Å². The molecule has 1 atom stereocenters. The van der Waals surface area contributed by atoms with Gasteiger partial charge in [0.2, 0.25) is 0 Å². The van der Waals surface area contributed by atoms with Gasteiger partial charge in [-0.3, -0.25) is 9.69 Å². The van der Waals surface area contributed by atoms with Crippen LogP contribution in [0.2, 0.25) is 0 Å². The van der Waals surface area contributed by atoms with Crippen LogP contribution in [0.1, 0.15) is 17.5 Å². The average molecular weight is 369 g/mol. The first kappa shape index (κ1) is 18.4. The number of esters is 2. The Morgan fingerprint density at radius 2 is 1.48 bits per heavy atom. The van der Waals surface area contributed by atoms with Crippen LogP contribution in [0.15, 0.2) is 60.7 Å². The number of hydrogen-bond donors (Lipinski definition) is 0. The lowest BCUT2D eigenvalue weighted by Gasteiger charge is -2.19. The van der Waals surface area contributed by atoms with E-state index in [1.807, 2.05) is 60.7 Å². The Hall–Kier alpha value is -3.35. The third-order valence-electron chi connectivity index (χ3n) is 4.04. The van der Waals surface area contributed by atoms with Crippen LogP contribution >= 0.6 is 0 Å². The predicted molar refractivity (Wildman–Crippen MR) is 94.1 cm³/mol. The molecular weight excluding hydrogens is 350 g/mol. The minimum Gasteiger partial charge on any atom is -0.461 e. The molecule has 3 rings (SSSR count). The van der Waals surface area contributed by atoms with E-state index in [1.54, 1.807) is 0 Å². The van der Waals surface area contributed by atoms with Crippen molar-refractivity contribution < 1.29 is 28.6 Å². The number of benzene rings is 2. The molecule has 27 heavy (non-hydrogen) atoms. The highest BCUT2D eigenvalue weighted by Gasteiger charge is 2.40. The second-order valence-electron chi connectivity index (χ2n) is 5.97.